The lowest BCUT2D eigenvalue weighted by Gasteiger charge is -1.99. The molecule has 1 heterocycles. The highest BCUT2D eigenvalue weighted by Crippen LogP contribution is 2.23. The van der Waals surface area contributed by atoms with E-state index in [2.05, 4.69) is 4.98 Å². The third-order valence-corrected chi connectivity index (χ3v) is 2.52. The number of rotatable bonds is 2. The van der Waals surface area contributed by atoms with Crippen LogP contribution in [-0.4, -0.2) is 10.9 Å². The zero-order valence-electron chi connectivity index (χ0n) is 7.33. The van der Waals surface area contributed by atoms with Crippen LogP contribution in [-0.2, 0) is 4.79 Å². The molecule has 0 aliphatic heterocycles. The summed E-state index contributed by atoms with van der Waals surface area (Å²) in [5, 5.41) is 0.233. The number of fused-ring (bicyclic) bond motifs is 1. The van der Waals surface area contributed by atoms with Gasteiger partial charge in [0.05, 0.1) is 0 Å². The van der Waals surface area contributed by atoms with Crippen molar-refractivity contribution in [3.63, 3.8) is 0 Å². The van der Waals surface area contributed by atoms with Gasteiger partial charge in [0.25, 0.3) is 0 Å². The Hall–Kier alpha value is -1.48. The fourth-order valence-electron chi connectivity index (χ4n) is 1.39. The lowest BCUT2D eigenvalue weighted by Crippen LogP contribution is -2.17. The number of hydrogen-bond acceptors (Lipinski definition) is 1. The molecule has 1 atom stereocenters. The first-order valence-electron chi connectivity index (χ1n) is 4.19. The van der Waals surface area contributed by atoms with Crippen molar-refractivity contribution in [2.45, 2.75) is 5.38 Å². The van der Waals surface area contributed by atoms with Crippen LogP contribution in [0.5, 0.6) is 0 Å². The number of hydrogen-bond donors (Lipinski definition) is 2. The topological polar surface area (TPSA) is 58.9 Å². The van der Waals surface area contributed by atoms with Crippen LogP contribution in [0.25, 0.3) is 10.9 Å². The van der Waals surface area contributed by atoms with Crippen LogP contribution >= 0.6 is 11.6 Å². The van der Waals surface area contributed by atoms with Gasteiger partial charge < -0.3 is 10.7 Å². The van der Waals surface area contributed by atoms with Crippen molar-refractivity contribution >= 4 is 28.4 Å². The van der Waals surface area contributed by atoms with E-state index in [1.165, 1.54) is 0 Å². The number of nitrogens with two attached hydrogens (primary N) is 1. The van der Waals surface area contributed by atoms with Crippen molar-refractivity contribution in [3.05, 3.63) is 36.0 Å². The van der Waals surface area contributed by atoms with E-state index in [0.717, 1.165) is 10.9 Å². The number of carbonyl (C=O) groups is 1. The summed E-state index contributed by atoms with van der Waals surface area (Å²) in [7, 11) is 0. The molecular formula is C10H9ClN2O. The van der Waals surface area contributed by atoms with Gasteiger partial charge in [-0.3, -0.25) is 4.79 Å². The Balaban J connectivity index is 2.50. The molecule has 2 aromatic rings. The van der Waals surface area contributed by atoms with Crippen molar-refractivity contribution < 1.29 is 4.79 Å². The van der Waals surface area contributed by atoms with E-state index in [9.17, 15) is 4.79 Å². The van der Waals surface area contributed by atoms with Crippen molar-refractivity contribution in [3.8, 4) is 0 Å². The van der Waals surface area contributed by atoms with E-state index in [-0.39, 0.29) is 0 Å². The highest BCUT2D eigenvalue weighted by molar-refractivity contribution is 6.30. The molecule has 14 heavy (non-hydrogen) atoms. The Bertz CT molecular complexity index is 445. The number of H-pyrrole nitrogens is 1. The minimum atomic E-state index is -0.789. The largest absolute Gasteiger partial charge is 0.368 e. The van der Waals surface area contributed by atoms with Gasteiger partial charge in [-0.05, 0) is 17.5 Å². The van der Waals surface area contributed by atoms with Crippen LogP contribution in [0.1, 0.15) is 11.1 Å². The number of aromatic amines is 1. The first-order valence-corrected chi connectivity index (χ1v) is 4.63. The van der Waals surface area contributed by atoms with Crippen molar-refractivity contribution in [1.82, 2.24) is 4.98 Å². The summed E-state index contributed by atoms with van der Waals surface area (Å²) in [6.07, 6.45) is 0. The second-order valence-corrected chi connectivity index (χ2v) is 3.51. The summed E-state index contributed by atoms with van der Waals surface area (Å²) < 4.78 is 0. The smallest absolute Gasteiger partial charge is 0.241 e. The molecule has 0 saturated carbocycles. The molecule has 0 saturated heterocycles. The van der Waals surface area contributed by atoms with Crippen LogP contribution in [0.3, 0.4) is 0 Å². The molecule has 1 amide bonds. The van der Waals surface area contributed by atoms with Crippen molar-refractivity contribution in [2.75, 3.05) is 0 Å². The first-order chi connectivity index (χ1) is 6.68. The quantitative estimate of drug-likeness (QED) is 0.728. The summed E-state index contributed by atoms with van der Waals surface area (Å²) in [4.78, 5) is 13.9. The van der Waals surface area contributed by atoms with Crippen LogP contribution < -0.4 is 5.73 Å². The van der Waals surface area contributed by atoms with Gasteiger partial charge in [-0.2, -0.15) is 0 Å². The fourth-order valence-corrected chi connectivity index (χ4v) is 1.50. The third-order valence-electron chi connectivity index (χ3n) is 2.07. The maximum Gasteiger partial charge on any atom is 0.241 e. The second-order valence-electron chi connectivity index (χ2n) is 3.08. The van der Waals surface area contributed by atoms with E-state index in [1.54, 1.807) is 0 Å². The third kappa shape index (κ3) is 1.46. The van der Waals surface area contributed by atoms with Crippen molar-refractivity contribution in [1.29, 1.82) is 0 Å². The Morgan fingerprint density at radius 1 is 1.43 bits per heavy atom. The predicted octanol–water partition coefficient (Wildman–Crippen LogP) is 1.93. The molecular weight excluding hydrogens is 200 g/mol. The molecule has 4 heteroatoms. The average molecular weight is 209 g/mol. The number of para-hydroxylation sites is 1. The standard InChI is InChI=1S/C10H9ClN2O/c11-9(10(12)14)8-5-6-3-1-2-4-7(6)13-8/h1-5,9,13H,(H2,12,14). The molecule has 3 N–H and O–H groups in total. The van der Waals surface area contributed by atoms with Crippen LogP contribution in [0.4, 0.5) is 0 Å². The Morgan fingerprint density at radius 2 is 2.14 bits per heavy atom. The van der Waals surface area contributed by atoms with E-state index >= 15 is 0 Å². The number of halogens is 1. The van der Waals surface area contributed by atoms with Gasteiger partial charge in [0, 0.05) is 11.2 Å². The molecule has 1 unspecified atom stereocenters. The van der Waals surface area contributed by atoms with Crippen LogP contribution in [0.2, 0.25) is 0 Å². The molecule has 0 spiro atoms. The summed E-state index contributed by atoms with van der Waals surface area (Å²) in [6.45, 7) is 0. The first kappa shape index (κ1) is 9.09. The summed E-state index contributed by atoms with van der Waals surface area (Å²) in [5.74, 6) is -0.543. The van der Waals surface area contributed by atoms with E-state index in [0.29, 0.717) is 5.69 Å². The lowest BCUT2D eigenvalue weighted by atomic mass is 10.2. The van der Waals surface area contributed by atoms with Crippen LogP contribution in [0.15, 0.2) is 30.3 Å². The average Bonchev–Trinajstić information content (AvgIpc) is 2.59. The minimum absolute atomic E-state index is 0.543. The monoisotopic (exact) mass is 208 g/mol. The number of benzene rings is 1. The van der Waals surface area contributed by atoms with Crippen LogP contribution in [0, 0.1) is 0 Å². The van der Waals surface area contributed by atoms with Gasteiger partial charge in [-0.25, -0.2) is 0 Å². The van der Waals surface area contributed by atoms with Gasteiger partial charge in [-0.1, -0.05) is 18.2 Å². The normalized spacial score (nSPS) is 12.9. The Morgan fingerprint density at radius 3 is 2.79 bits per heavy atom. The zero-order chi connectivity index (χ0) is 10.1. The molecule has 0 radical (unpaired) electrons. The van der Waals surface area contributed by atoms with Crippen molar-refractivity contribution in [2.24, 2.45) is 5.73 Å². The Kier molecular flexibility index (Phi) is 2.17. The molecule has 72 valence electrons. The van der Waals surface area contributed by atoms with Gasteiger partial charge >= 0.3 is 0 Å². The van der Waals surface area contributed by atoms with E-state index in [4.69, 9.17) is 17.3 Å². The highest BCUT2D eigenvalue weighted by Gasteiger charge is 2.15. The lowest BCUT2D eigenvalue weighted by molar-refractivity contribution is -0.117. The molecule has 1 aromatic heterocycles. The molecule has 0 aliphatic rings. The molecule has 2 rings (SSSR count). The Labute approximate surface area is 85.9 Å². The number of amides is 1. The van der Waals surface area contributed by atoms with Gasteiger partial charge in [0.1, 0.15) is 0 Å². The van der Waals surface area contributed by atoms with Gasteiger partial charge in [0.15, 0.2) is 5.38 Å². The molecule has 0 aliphatic carbocycles. The molecule has 0 bridgehead atoms. The predicted molar refractivity (Wildman–Crippen MR) is 56.1 cm³/mol. The SMILES string of the molecule is NC(=O)C(Cl)c1cc2ccccc2[nH]1. The number of alkyl halides is 1. The zero-order valence-corrected chi connectivity index (χ0v) is 8.08. The highest BCUT2D eigenvalue weighted by atomic mass is 35.5. The van der Waals surface area contributed by atoms with Gasteiger partial charge in [-0.15, -0.1) is 11.6 Å². The number of nitrogens with one attached hydrogen (secondary N) is 1. The molecule has 0 fully saturated rings. The summed E-state index contributed by atoms with van der Waals surface area (Å²) in [5.41, 5.74) is 6.69. The maximum atomic E-state index is 10.8. The summed E-state index contributed by atoms with van der Waals surface area (Å²) >= 11 is 5.81. The number of carbonyl (C=O) groups excluding carboxylic acids is 1. The second kappa shape index (κ2) is 3.35. The maximum absolute atomic E-state index is 10.8. The van der Waals surface area contributed by atoms with E-state index in [1.807, 2.05) is 30.3 Å². The minimum Gasteiger partial charge on any atom is -0.368 e. The fraction of sp³-hybridized carbons (Fsp3) is 0.100. The van der Waals surface area contributed by atoms with E-state index < -0.39 is 11.3 Å². The molecule has 1 aromatic carbocycles. The number of aromatic nitrogens is 1. The number of primary amides is 1. The summed E-state index contributed by atoms with van der Waals surface area (Å²) in [6, 6.07) is 9.53. The van der Waals surface area contributed by atoms with Gasteiger partial charge in [0.2, 0.25) is 5.91 Å². The molecule has 3 nitrogen and oxygen atoms in total.